The number of benzene rings is 2. The molecule has 13 nitrogen and oxygen atoms in total. The second-order valence-electron chi connectivity index (χ2n) is 6.20. The summed E-state index contributed by atoms with van der Waals surface area (Å²) in [5.74, 6) is -0.583. The van der Waals surface area contributed by atoms with Gasteiger partial charge in [0.25, 0.3) is 17.1 Å². The number of halogens is 2. The highest BCUT2D eigenvalue weighted by Gasteiger charge is 2.27. The van der Waals surface area contributed by atoms with E-state index < -0.39 is 44.2 Å². The van der Waals surface area contributed by atoms with Gasteiger partial charge in [0.1, 0.15) is 5.69 Å². The van der Waals surface area contributed by atoms with Crippen LogP contribution in [-0.2, 0) is 16.0 Å². The van der Waals surface area contributed by atoms with Crippen LogP contribution in [0.5, 0.6) is 0 Å². The van der Waals surface area contributed by atoms with Crippen molar-refractivity contribution in [2.24, 2.45) is 0 Å². The van der Waals surface area contributed by atoms with Gasteiger partial charge in [-0.1, -0.05) is 23.2 Å². The quantitative estimate of drug-likeness (QED) is 0.286. The summed E-state index contributed by atoms with van der Waals surface area (Å²) in [6.45, 7) is 0.356. The predicted molar refractivity (Wildman–Crippen MR) is 115 cm³/mol. The zero-order valence-electron chi connectivity index (χ0n) is 16.3. The summed E-state index contributed by atoms with van der Waals surface area (Å²) in [6, 6.07) is 3.66. The van der Waals surface area contributed by atoms with Crippen LogP contribution in [0.2, 0.25) is 10.0 Å². The number of nitrogens with zero attached hydrogens (tertiary/aromatic N) is 3. The first-order valence-electron chi connectivity index (χ1n) is 8.67. The van der Waals surface area contributed by atoms with E-state index >= 15 is 0 Å². The monoisotopic (exact) mass is 487 g/mol. The van der Waals surface area contributed by atoms with Crippen LogP contribution in [0.4, 0.5) is 28.4 Å². The van der Waals surface area contributed by atoms with Crippen LogP contribution >= 0.6 is 23.2 Å². The van der Waals surface area contributed by atoms with E-state index in [1.54, 1.807) is 0 Å². The normalized spacial score (nSPS) is 10.5. The van der Waals surface area contributed by atoms with Gasteiger partial charge in [-0.25, -0.2) is 0 Å². The molecule has 0 heterocycles. The van der Waals surface area contributed by atoms with Crippen LogP contribution in [0.15, 0.2) is 24.3 Å². The summed E-state index contributed by atoms with van der Waals surface area (Å²) in [5, 5.41) is 38.5. The molecular formula is C17H15Cl2N5O8. The Morgan fingerprint density at radius 2 is 1.50 bits per heavy atom. The molecule has 0 aliphatic carbocycles. The van der Waals surface area contributed by atoms with Crippen molar-refractivity contribution in [2.45, 2.75) is 6.42 Å². The Hall–Kier alpha value is -3.55. The first-order valence-corrected chi connectivity index (χ1v) is 9.42. The third-order valence-corrected chi connectivity index (χ3v) is 4.65. The molecule has 170 valence electrons. The Morgan fingerprint density at radius 1 is 0.938 bits per heavy atom. The molecule has 0 radical (unpaired) electrons. The molecule has 2 rings (SSSR count). The molecule has 0 aliphatic rings. The summed E-state index contributed by atoms with van der Waals surface area (Å²) in [4.78, 5) is 43.6. The number of hydrogen-bond acceptors (Lipinski definition) is 9. The molecule has 2 aromatic rings. The SMILES string of the molecule is COCCNC(=O)Cc1cc([N+](=O)[O-])cc([N+](=O)[O-])c1Nc1c(Cl)cc([N+](=O)[O-])cc1Cl. The molecule has 0 bridgehead atoms. The van der Waals surface area contributed by atoms with E-state index in [9.17, 15) is 35.1 Å². The van der Waals surface area contributed by atoms with Gasteiger partial charge < -0.3 is 15.4 Å². The molecule has 2 N–H and O–H groups in total. The van der Waals surface area contributed by atoms with Crippen LogP contribution in [0.1, 0.15) is 5.56 Å². The predicted octanol–water partition coefficient (Wildman–Crippen LogP) is 3.77. The highest BCUT2D eigenvalue weighted by Crippen LogP contribution is 2.41. The molecule has 2 aromatic carbocycles. The zero-order chi connectivity index (χ0) is 24.0. The van der Waals surface area contributed by atoms with Gasteiger partial charge in [0.2, 0.25) is 5.91 Å². The van der Waals surface area contributed by atoms with Crippen LogP contribution in [-0.4, -0.2) is 40.9 Å². The van der Waals surface area contributed by atoms with Gasteiger partial charge in [-0.3, -0.25) is 35.1 Å². The number of nitro groups is 3. The summed E-state index contributed by atoms with van der Waals surface area (Å²) >= 11 is 12.1. The van der Waals surface area contributed by atoms with Gasteiger partial charge in [-0.2, -0.15) is 0 Å². The molecule has 0 unspecified atom stereocenters. The van der Waals surface area contributed by atoms with Crippen molar-refractivity contribution < 1.29 is 24.3 Å². The average molecular weight is 488 g/mol. The second-order valence-corrected chi connectivity index (χ2v) is 7.01. The van der Waals surface area contributed by atoms with E-state index in [-0.39, 0.29) is 40.1 Å². The highest BCUT2D eigenvalue weighted by atomic mass is 35.5. The van der Waals surface area contributed by atoms with Gasteiger partial charge in [-0.05, 0) is 5.56 Å². The largest absolute Gasteiger partial charge is 0.383 e. The number of amides is 1. The van der Waals surface area contributed by atoms with E-state index in [0.29, 0.717) is 6.07 Å². The number of nitrogens with one attached hydrogen (secondary N) is 2. The first kappa shape index (κ1) is 24.7. The number of non-ortho nitro benzene ring substituents is 2. The maximum absolute atomic E-state index is 12.2. The maximum Gasteiger partial charge on any atom is 0.299 e. The average Bonchev–Trinajstić information content (AvgIpc) is 2.70. The zero-order valence-corrected chi connectivity index (χ0v) is 17.8. The van der Waals surface area contributed by atoms with Gasteiger partial charge in [0.15, 0.2) is 0 Å². The van der Waals surface area contributed by atoms with Crippen LogP contribution in [0.25, 0.3) is 0 Å². The standard InChI is InChI=1S/C17H15Cl2N5O8/c1-32-3-2-20-15(25)5-9-4-10(22(26)27)8-14(24(30)31)16(9)21-17-12(18)6-11(23(28)29)7-13(17)19/h4,6-8,21H,2-3,5H2,1H3,(H,20,25). The van der Waals surface area contributed by atoms with Crippen molar-refractivity contribution in [1.82, 2.24) is 5.32 Å². The number of rotatable bonds is 10. The summed E-state index contributed by atoms with van der Waals surface area (Å²) in [6.07, 6.45) is -0.462. The van der Waals surface area contributed by atoms with Gasteiger partial charge in [0, 0.05) is 31.9 Å². The van der Waals surface area contributed by atoms with Crippen molar-refractivity contribution in [3.05, 3.63) is 70.2 Å². The lowest BCUT2D eigenvalue weighted by Crippen LogP contribution is -2.28. The number of anilines is 2. The molecule has 0 saturated carbocycles. The lowest BCUT2D eigenvalue weighted by Gasteiger charge is -2.15. The fraction of sp³-hybridized carbons (Fsp3) is 0.235. The molecule has 0 aliphatic heterocycles. The smallest absolute Gasteiger partial charge is 0.299 e. The first-order chi connectivity index (χ1) is 15.0. The fourth-order valence-electron chi connectivity index (χ4n) is 2.64. The second kappa shape index (κ2) is 10.7. The lowest BCUT2D eigenvalue weighted by atomic mass is 10.1. The van der Waals surface area contributed by atoms with E-state index in [1.807, 2.05) is 0 Å². The molecule has 0 saturated heterocycles. The van der Waals surface area contributed by atoms with E-state index in [0.717, 1.165) is 18.2 Å². The lowest BCUT2D eigenvalue weighted by molar-refractivity contribution is -0.393. The third kappa shape index (κ3) is 6.00. The minimum absolute atomic E-state index is 0.0914. The highest BCUT2D eigenvalue weighted by molar-refractivity contribution is 6.39. The van der Waals surface area contributed by atoms with Crippen LogP contribution in [0, 0.1) is 30.3 Å². The minimum atomic E-state index is -0.880. The van der Waals surface area contributed by atoms with Crippen LogP contribution < -0.4 is 10.6 Å². The Labute approximate surface area is 189 Å². The van der Waals surface area contributed by atoms with Crippen molar-refractivity contribution >= 4 is 57.5 Å². The number of hydrogen-bond donors (Lipinski definition) is 2. The maximum atomic E-state index is 12.2. The number of carbonyl (C=O) groups excluding carboxylic acids is 1. The Bertz CT molecular complexity index is 1070. The van der Waals surface area contributed by atoms with Crippen molar-refractivity contribution in [1.29, 1.82) is 0 Å². The number of ether oxygens (including phenoxy) is 1. The fourth-order valence-corrected chi connectivity index (χ4v) is 3.21. The van der Waals surface area contributed by atoms with E-state index in [2.05, 4.69) is 10.6 Å². The third-order valence-electron chi connectivity index (χ3n) is 4.06. The van der Waals surface area contributed by atoms with Crippen molar-refractivity contribution in [3.63, 3.8) is 0 Å². The molecule has 0 aromatic heterocycles. The Kier molecular flexibility index (Phi) is 8.23. The summed E-state index contributed by atoms with van der Waals surface area (Å²) in [7, 11) is 1.43. The Morgan fingerprint density at radius 3 is 2.00 bits per heavy atom. The molecule has 0 fully saturated rings. The molecule has 15 heteroatoms. The molecule has 1 amide bonds. The molecule has 0 spiro atoms. The molecule has 0 atom stereocenters. The van der Waals surface area contributed by atoms with Gasteiger partial charge >= 0.3 is 0 Å². The van der Waals surface area contributed by atoms with Crippen LogP contribution in [0.3, 0.4) is 0 Å². The van der Waals surface area contributed by atoms with Gasteiger partial charge in [0.05, 0.1) is 49.6 Å². The topological polar surface area (TPSA) is 180 Å². The summed E-state index contributed by atoms with van der Waals surface area (Å²) < 4.78 is 4.82. The number of nitro benzene ring substituents is 3. The number of carbonyl (C=O) groups is 1. The minimum Gasteiger partial charge on any atom is -0.383 e. The van der Waals surface area contributed by atoms with Crippen molar-refractivity contribution in [3.8, 4) is 0 Å². The number of methoxy groups -OCH3 is 1. The molecular weight excluding hydrogens is 473 g/mol. The van der Waals surface area contributed by atoms with E-state index in [1.165, 1.54) is 7.11 Å². The van der Waals surface area contributed by atoms with Crippen molar-refractivity contribution in [2.75, 3.05) is 25.6 Å². The summed E-state index contributed by atoms with van der Waals surface area (Å²) in [5.41, 5.74) is -2.22. The van der Waals surface area contributed by atoms with E-state index in [4.69, 9.17) is 27.9 Å². The Balaban J connectivity index is 2.59. The molecule has 32 heavy (non-hydrogen) atoms. The van der Waals surface area contributed by atoms with Gasteiger partial charge in [-0.15, -0.1) is 0 Å².